The van der Waals surface area contributed by atoms with Gasteiger partial charge in [-0.3, -0.25) is 4.79 Å². The predicted molar refractivity (Wildman–Crippen MR) is 95.0 cm³/mol. The van der Waals surface area contributed by atoms with Crippen LogP contribution < -0.4 is 16.4 Å². The smallest absolute Gasteiger partial charge is 0.254 e. The Morgan fingerprint density at radius 2 is 1.96 bits per heavy atom. The van der Waals surface area contributed by atoms with Gasteiger partial charge in [0.15, 0.2) is 0 Å². The number of aliphatic hydroxyl groups excluding tert-OH is 1. The molecule has 1 aromatic rings. The van der Waals surface area contributed by atoms with E-state index in [4.69, 9.17) is 5.73 Å². The van der Waals surface area contributed by atoms with Crippen LogP contribution in [0.25, 0.3) is 0 Å². The first-order valence-electron chi connectivity index (χ1n) is 8.55. The lowest BCUT2D eigenvalue weighted by Crippen LogP contribution is -2.33. The molecule has 0 spiro atoms. The number of aromatic nitrogens is 2. The summed E-state index contributed by atoms with van der Waals surface area (Å²) < 4.78 is 0. The number of anilines is 2. The van der Waals surface area contributed by atoms with Crippen molar-refractivity contribution in [2.24, 2.45) is 11.1 Å². The topological polar surface area (TPSA) is 113 Å². The molecule has 1 atom stereocenters. The third kappa shape index (κ3) is 4.80. The fourth-order valence-electron chi connectivity index (χ4n) is 2.57. The Morgan fingerprint density at radius 1 is 1.33 bits per heavy atom. The van der Waals surface area contributed by atoms with Gasteiger partial charge in [-0.25, -0.2) is 4.98 Å². The Hall–Kier alpha value is -1.89. The third-order valence-corrected chi connectivity index (χ3v) is 4.74. The molecule has 0 bridgehead atoms. The minimum Gasteiger partial charge on any atom is -0.393 e. The Morgan fingerprint density at radius 3 is 2.50 bits per heavy atom. The maximum atomic E-state index is 11.6. The van der Waals surface area contributed by atoms with E-state index in [1.807, 2.05) is 6.92 Å². The van der Waals surface area contributed by atoms with E-state index in [-0.39, 0.29) is 29.2 Å². The number of rotatable bonds is 5. The van der Waals surface area contributed by atoms with E-state index >= 15 is 0 Å². The van der Waals surface area contributed by atoms with Crippen LogP contribution in [0.1, 0.15) is 63.7 Å². The van der Waals surface area contributed by atoms with Crippen LogP contribution in [0.15, 0.2) is 6.20 Å². The molecule has 1 saturated carbocycles. The molecule has 1 aromatic heterocycles. The highest BCUT2D eigenvalue weighted by Crippen LogP contribution is 2.25. The Balaban J connectivity index is 2.16. The molecule has 7 nitrogen and oxygen atoms in total. The summed E-state index contributed by atoms with van der Waals surface area (Å²) in [6, 6.07) is 0.337. The van der Waals surface area contributed by atoms with E-state index < -0.39 is 5.91 Å². The van der Waals surface area contributed by atoms with Gasteiger partial charge >= 0.3 is 0 Å². The summed E-state index contributed by atoms with van der Waals surface area (Å²) in [6.45, 7) is 8.38. The molecule has 1 amide bonds. The van der Waals surface area contributed by atoms with Crippen molar-refractivity contribution in [1.82, 2.24) is 9.97 Å². The highest BCUT2D eigenvalue weighted by Gasteiger charge is 2.24. The van der Waals surface area contributed by atoms with Gasteiger partial charge in [0.1, 0.15) is 5.82 Å². The Bertz CT molecular complexity index is 577. The molecule has 1 heterocycles. The first-order chi connectivity index (χ1) is 11.2. The van der Waals surface area contributed by atoms with E-state index in [0.717, 1.165) is 25.7 Å². The van der Waals surface area contributed by atoms with Crippen molar-refractivity contribution in [3.63, 3.8) is 0 Å². The molecule has 2 rings (SSSR count). The summed E-state index contributed by atoms with van der Waals surface area (Å²) >= 11 is 0. The summed E-state index contributed by atoms with van der Waals surface area (Å²) in [7, 11) is 0. The molecule has 0 unspecified atom stereocenters. The SMILES string of the molecule is C[C@H](Nc1nc(N[C@H]2CC[C@H](O)CC2)ncc1C(N)=O)C(C)(C)C. The van der Waals surface area contributed by atoms with Gasteiger partial charge in [-0.1, -0.05) is 20.8 Å². The second kappa shape index (κ2) is 7.34. The van der Waals surface area contributed by atoms with Crippen molar-refractivity contribution in [1.29, 1.82) is 0 Å². The molecule has 0 radical (unpaired) electrons. The van der Waals surface area contributed by atoms with Crippen molar-refractivity contribution in [2.45, 2.75) is 71.6 Å². The van der Waals surface area contributed by atoms with E-state index in [2.05, 4.69) is 41.4 Å². The van der Waals surface area contributed by atoms with Gasteiger partial charge in [0.05, 0.1) is 11.7 Å². The number of hydrogen-bond donors (Lipinski definition) is 4. The lowest BCUT2D eigenvalue weighted by molar-refractivity contribution is 0.1000. The van der Waals surface area contributed by atoms with Crippen LogP contribution in [0.2, 0.25) is 0 Å². The van der Waals surface area contributed by atoms with Crippen LogP contribution in [-0.4, -0.2) is 39.2 Å². The minimum atomic E-state index is -0.550. The van der Waals surface area contributed by atoms with Gasteiger partial charge in [-0.15, -0.1) is 0 Å². The number of nitrogens with two attached hydrogens (primary N) is 1. The molecular formula is C17H29N5O2. The number of carbonyl (C=O) groups excluding carboxylic acids is 1. The monoisotopic (exact) mass is 335 g/mol. The van der Waals surface area contributed by atoms with Crippen molar-refractivity contribution in [3.05, 3.63) is 11.8 Å². The first-order valence-corrected chi connectivity index (χ1v) is 8.55. The van der Waals surface area contributed by atoms with Gasteiger partial charge in [-0.2, -0.15) is 4.98 Å². The van der Waals surface area contributed by atoms with Crippen LogP contribution >= 0.6 is 0 Å². The van der Waals surface area contributed by atoms with E-state index in [1.54, 1.807) is 0 Å². The Kier molecular flexibility index (Phi) is 5.64. The number of nitrogens with one attached hydrogen (secondary N) is 2. The van der Waals surface area contributed by atoms with Crippen LogP contribution in [0.4, 0.5) is 11.8 Å². The highest BCUT2D eigenvalue weighted by atomic mass is 16.3. The standard InChI is InChI=1S/C17H29N5O2/c1-10(17(2,3)4)20-15-13(14(18)24)9-19-16(22-15)21-11-5-7-12(23)8-6-11/h9-12,23H,5-8H2,1-4H3,(H2,18,24)(H2,19,20,21,22)/t10-,11-,12-/m0/s1. The van der Waals surface area contributed by atoms with Gasteiger partial charge in [0, 0.05) is 18.3 Å². The molecule has 5 N–H and O–H groups in total. The van der Waals surface area contributed by atoms with Gasteiger partial charge in [0.25, 0.3) is 5.91 Å². The molecule has 1 aliphatic rings. The van der Waals surface area contributed by atoms with Crippen molar-refractivity contribution >= 4 is 17.7 Å². The summed E-state index contributed by atoms with van der Waals surface area (Å²) in [5.74, 6) is 0.384. The lowest BCUT2D eigenvalue weighted by atomic mass is 9.88. The van der Waals surface area contributed by atoms with Gasteiger partial charge < -0.3 is 21.5 Å². The van der Waals surface area contributed by atoms with Crippen LogP contribution in [0.5, 0.6) is 0 Å². The van der Waals surface area contributed by atoms with Gasteiger partial charge in [-0.05, 0) is 38.0 Å². The maximum Gasteiger partial charge on any atom is 0.254 e. The third-order valence-electron chi connectivity index (χ3n) is 4.74. The number of amides is 1. The summed E-state index contributed by atoms with van der Waals surface area (Å²) in [6.07, 6.45) is 4.58. The quantitative estimate of drug-likeness (QED) is 0.655. The molecule has 0 saturated heterocycles. The molecule has 0 aliphatic heterocycles. The second-order valence-electron chi connectivity index (χ2n) is 7.70. The van der Waals surface area contributed by atoms with E-state index in [1.165, 1.54) is 6.20 Å². The fraction of sp³-hybridized carbons (Fsp3) is 0.706. The number of aliphatic hydroxyl groups is 1. The van der Waals surface area contributed by atoms with Crippen LogP contribution in [-0.2, 0) is 0 Å². The zero-order valence-electron chi connectivity index (χ0n) is 15.0. The minimum absolute atomic E-state index is 0.00691. The first kappa shape index (κ1) is 18.4. The summed E-state index contributed by atoms with van der Waals surface area (Å²) in [5, 5.41) is 16.2. The van der Waals surface area contributed by atoms with Crippen LogP contribution in [0, 0.1) is 5.41 Å². The number of carbonyl (C=O) groups is 1. The molecule has 1 aliphatic carbocycles. The largest absolute Gasteiger partial charge is 0.393 e. The molecule has 24 heavy (non-hydrogen) atoms. The molecule has 7 heteroatoms. The highest BCUT2D eigenvalue weighted by molar-refractivity contribution is 5.97. The molecule has 1 fully saturated rings. The molecule has 0 aromatic carbocycles. The number of primary amides is 1. The molecule has 134 valence electrons. The van der Waals surface area contributed by atoms with Crippen molar-refractivity contribution in [2.75, 3.05) is 10.6 Å². The predicted octanol–water partition coefficient (Wildman–Crippen LogP) is 2.14. The summed E-state index contributed by atoms with van der Waals surface area (Å²) in [4.78, 5) is 20.3. The van der Waals surface area contributed by atoms with Crippen LogP contribution in [0.3, 0.4) is 0 Å². The van der Waals surface area contributed by atoms with E-state index in [9.17, 15) is 9.90 Å². The molecular weight excluding hydrogens is 306 g/mol. The maximum absolute atomic E-state index is 11.6. The normalized spacial score (nSPS) is 22.7. The number of hydrogen-bond acceptors (Lipinski definition) is 6. The summed E-state index contributed by atoms with van der Waals surface area (Å²) in [5.41, 5.74) is 5.74. The zero-order chi connectivity index (χ0) is 17.9. The average Bonchev–Trinajstić information content (AvgIpc) is 2.48. The van der Waals surface area contributed by atoms with Crippen molar-refractivity contribution < 1.29 is 9.90 Å². The Labute approximate surface area is 143 Å². The van der Waals surface area contributed by atoms with Gasteiger partial charge in [0.2, 0.25) is 5.95 Å². The fourth-order valence-corrected chi connectivity index (χ4v) is 2.57. The lowest BCUT2D eigenvalue weighted by Gasteiger charge is -2.29. The second-order valence-corrected chi connectivity index (χ2v) is 7.70. The van der Waals surface area contributed by atoms with Crippen molar-refractivity contribution in [3.8, 4) is 0 Å². The average molecular weight is 335 g/mol. The zero-order valence-corrected chi connectivity index (χ0v) is 15.0. The number of nitrogens with zero attached hydrogens (tertiary/aromatic N) is 2. The van der Waals surface area contributed by atoms with E-state index in [0.29, 0.717) is 11.8 Å².